The lowest BCUT2D eigenvalue weighted by molar-refractivity contribution is -0.133. The van der Waals surface area contributed by atoms with Crippen LogP contribution >= 0.6 is 11.3 Å². The molecule has 0 unspecified atom stereocenters. The number of piperidine rings is 1. The zero-order valence-corrected chi connectivity index (χ0v) is 17.9. The van der Waals surface area contributed by atoms with Crippen molar-refractivity contribution in [1.82, 2.24) is 19.8 Å². The molecule has 3 aromatic rings. The van der Waals surface area contributed by atoms with Crippen LogP contribution in [0.3, 0.4) is 0 Å². The molecule has 2 aliphatic rings. The lowest BCUT2D eigenvalue weighted by Gasteiger charge is -2.38. The Morgan fingerprint density at radius 3 is 2.63 bits per heavy atom. The van der Waals surface area contributed by atoms with E-state index in [9.17, 15) is 4.79 Å². The van der Waals surface area contributed by atoms with Gasteiger partial charge in [0.2, 0.25) is 5.91 Å². The zero-order valence-electron chi connectivity index (χ0n) is 17.1. The van der Waals surface area contributed by atoms with Crippen molar-refractivity contribution < 1.29 is 4.79 Å². The number of benzene rings is 1. The summed E-state index contributed by atoms with van der Waals surface area (Å²) in [5.41, 5.74) is 1.07. The number of nitrogens with zero attached hydrogens (tertiary/aromatic N) is 5. The largest absolute Gasteiger partial charge is 0.353 e. The Balaban J connectivity index is 1.23. The van der Waals surface area contributed by atoms with Crippen LogP contribution in [0.25, 0.3) is 10.2 Å². The fourth-order valence-electron chi connectivity index (χ4n) is 4.49. The fourth-order valence-corrected chi connectivity index (χ4v) is 5.63. The Morgan fingerprint density at radius 1 is 1.00 bits per heavy atom. The van der Waals surface area contributed by atoms with Crippen LogP contribution in [0.4, 0.5) is 5.82 Å². The summed E-state index contributed by atoms with van der Waals surface area (Å²) >= 11 is 1.78. The molecule has 1 atom stereocenters. The summed E-state index contributed by atoms with van der Waals surface area (Å²) in [5.74, 6) is 1.24. The van der Waals surface area contributed by atoms with Crippen LogP contribution < -0.4 is 4.90 Å². The van der Waals surface area contributed by atoms with E-state index in [2.05, 4.69) is 33.0 Å². The van der Waals surface area contributed by atoms with Crippen molar-refractivity contribution in [2.24, 2.45) is 0 Å². The molecule has 6 nitrogen and oxygen atoms in total. The number of fused-ring (bicyclic) bond motifs is 1. The molecular weight excluding hydrogens is 394 g/mol. The molecule has 0 N–H and O–H groups in total. The normalized spacial score (nSPS) is 20.6. The molecule has 0 spiro atoms. The highest BCUT2D eigenvalue weighted by atomic mass is 32.1. The van der Waals surface area contributed by atoms with Gasteiger partial charge in [-0.3, -0.25) is 9.69 Å². The molecule has 5 rings (SSSR count). The van der Waals surface area contributed by atoms with Gasteiger partial charge in [0.25, 0.3) is 0 Å². The van der Waals surface area contributed by atoms with Crippen LogP contribution in [-0.2, 0) is 4.79 Å². The molecule has 2 aliphatic heterocycles. The molecule has 1 amide bonds. The second-order valence-corrected chi connectivity index (χ2v) is 9.12. The lowest BCUT2D eigenvalue weighted by atomic mass is 10.0. The smallest absolute Gasteiger partial charge is 0.236 e. The van der Waals surface area contributed by atoms with E-state index in [1.807, 2.05) is 35.4 Å². The average Bonchev–Trinajstić information content (AvgIpc) is 3.24. The van der Waals surface area contributed by atoms with Gasteiger partial charge in [0.05, 0.1) is 22.8 Å². The predicted molar refractivity (Wildman–Crippen MR) is 121 cm³/mol. The summed E-state index contributed by atoms with van der Waals surface area (Å²) in [5, 5.41) is 1.16. The fraction of sp³-hybridized carbons (Fsp3) is 0.435. The highest BCUT2D eigenvalue weighted by molar-refractivity contribution is 7.18. The summed E-state index contributed by atoms with van der Waals surface area (Å²) in [6.45, 7) is 4.66. The Bertz CT molecular complexity index is 966. The maximum Gasteiger partial charge on any atom is 0.236 e. The van der Waals surface area contributed by atoms with Crippen molar-refractivity contribution in [3.05, 3.63) is 53.7 Å². The van der Waals surface area contributed by atoms with Gasteiger partial charge in [-0.1, -0.05) is 24.6 Å². The number of amides is 1. The second-order valence-electron chi connectivity index (χ2n) is 8.06. The van der Waals surface area contributed by atoms with Crippen molar-refractivity contribution in [3.8, 4) is 0 Å². The first-order valence-corrected chi connectivity index (χ1v) is 11.6. The van der Waals surface area contributed by atoms with Gasteiger partial charge in [-0.2, -0.15) is 0 Å². The van der Waals surface area contributed by atoms with Gasteiger partial charge < -0.3 is 9.80 Å². The quantitative estimate of drug-likeness (QED) is 0.645. The van der Waals surface area contributed by atoms with E-state index < -0.39 is 0 Å². The molecule has 0 bridgehead atoms. The SMILES string of the molecule is O=C(CN1CCCC[C@@H]1c1nc2ccccc2s1)N1CCN(c2ccccn2)CC1. The van der Waals surface area contributed by atoms with Crippen LogP contribution in [-0.4, -0.2) is 64.9 Å². The molecule has 30 heavy (non-hydrogen) atoms. The van der Waals surface area contributed by atoms with Gasteiger partial charge in [0.15, 0.2) is 0 Å². The number of likely N-dealkylation sites (tertiary alicyclic amines) is 1. The number of carbonyl (C=O) groups excluding carboxylic acids is 1. The maximum absolute atomic E-state index is 13.1. The Hall–Kier alpha value is -2.51. The monoisotopic (exact) mass is 421 g/mol. The molecule has 0 radical (unpaired) electrons. The summed E-state index contributed by atoms with van der Waals surface area (Å²) in [4.78, 5) is 29.0. The number of aromatic nitrogens is 2. The zero-order chi connectivity index (χ0) is 20.3. The van der Waals surface area contributed by atoms with Gasteiger partial charge in [0, 0.05) is 32.4 Å². The molecule has 1 aromatic carbocycles. The minimum Gasteiger partial charge on any atom is -0.353 e. The Labute approximate surface area is 181 Å². The van der Waals surface area contributed by atoms with E-state index in [-0.39, 0.29) is 11.9 Å². The molecule has 4 heterocycles. The minimum absolute atomic E-state index is 0.240. The number of thiazole rings is 1. The van der Waals surface area contributed by atoms with Crippen molar-refractivity contribution in [3.63, 3.8) is 0 Å². The van der Waals surface area contributed by atoms with Crippen molar-refractivity contribution in [1.29, 1.82) is 0 Å². The highest BCUT2D eigenvalue weighted by Crippen LogP contribution is 2.35. The molecule has 0 aliphatic carbocycles. The second kappa shape index (κ2) is 8.70. The minimum atomic E-state index is 0.240. The van der Waals surface area contributed by atoms with Crippen molar-refractivity contribution >= 4 is 33.3 Å². The maximum atomic E-state index is 13.1. The first-order valence-electron chi connectivity index (χ1n) is 10.8. The number of hydrogen-bond acceptors (Lipinski definition) is 6. The van der Waals surface area contributed by atoms with Gasteiger partial charge >= 0.3 is 0 Å². The van der Waals surface area contributed by atoms with E-state index in [1.54, 1.807) is 11.3 Å². The summed E-state index contributed by atoms with van der Waals surface area (Å²) in [6.07, 6.45) is 5.27. The predicted octanol–water partition coefficient (Wildman–Crippen LogP) is 3.57. The first kappa shape index (κ1) is 19.5. The molecule has 2 aromatic heterocycles. The van der Waals surface area contributed by atoms with Crippen molar-refractivity contribution in [2.45, 2.75) is 25.3 Å². The summed E-state index contributed by atoms with van der Waals surface area (Å²) in [6, 6.07) is 14.6. The van der Waals surface area contributed by atoms with Crippen molar-refractivity contribution in [2.75, 3.05) is 44.2 Å². The summed E-state index contributed by atoms with van der Waals surface area (Å²) in [7, 11) is 0. The van der Waals surface area contributed by atoms with Gasteiger partial charge in [-0.05, 0) is 43.7 Å². The number of piperazine rings is 1. The summed E-state index contributed by atoms with van der Waals surface area (Å²) < 4.78 is 1.23. The third-order valence-electron chi connectivity index (χ3n) is 6.15. The average molecular weight is 422 g/mol. The molecule has 2 fully saturated rings. The standard InChI is InChI=1S/C23H27N5OS/c29-22(27-15-13-26(14-16-27)21-10-3-5-11-24-21)17-28-12-6-4-8-19(28)23-25-18-7-1-2-9-20(18)30-23/h1-3,5,7,9-11,19H,4,6,8,12-17H2/t19-/m1/s1. The number of para-hydroxylation sites is 1. The van der Waals surface area contributed by atoms with E-state index in [0.717, 1.165) is 61.9 Å². The first-order chi connectivity index (χ1) is 14.8. The van der Waals surface area contributed by atoms with Crippen LogP contribution in [0.2, 0.25) is 0 Å². The number of rotatable bonds is 4. The molecular formula is C23H27N5OS. The lowest BCUT2D eigenvalue weighted by Crippen LogP contribution is -2.52. The van der Waals surface area contributed by atoms with E-state index in [1.165, 1.54) is 11.1 Å². The molecule has 0 saturated carbocycles. The molecule has 156 valence electrons. The third-order valence-corrected chi connectivity index (χ3v) is 7.29. The molecule has 7 heteroatoms. The molecule has 2 saturated heterocycles. The number of pyridine rings is 1. The third kappa shape index (κ3) is 4.04. The van der Waals surface area contributed by atoms with Crippen LogP contribution in [0.5, 0.6) is 0 Å². The van der Waals surface area contributed by atoms with E-state index >= 15 is 0 Å². The number of carbonyl (C=O) groups is 1. The Morgan fingerprint density at radius 2 is 1.83 bits per heavy atom. The number of hydrogen-bond donors (Lipinski definition) is 0. The van der Waals surface area contributed by atoms with Crippen LogP contribution in [0.1, 0.15) is 30.3 Å². The highest BCUT2D eigenvalue weighted by Gasteiger charge is 2.30. The van der Waals surface area contributed by atoms with E-state index in [0.29, 0.717) is 6.54 Å². The van der Waals surface area contributed by atoms with Crippen LogP contribution in [0.15, 0.2) is 48.7 Å². The Kier molecular flexibility index (Phi) is 5.64. The number of anilines is 1. The topological polar surface area (TPSA) is 52.6 Å². The van der Waals surface area contributed by atoms with E-state index in [4.69, 9.17) is 4.98 Å². The van der Waals surface area contributed by atoms with Gasteiger partial charge in [-0.15, -0.1) is 11.3 Å². The van der Waals surface area contributed by atoms with Crippen LogP contribution in [0, 0.1) is 0 Å². The van der Waals surface area contributed by atoms with Gasteiger partial charge in [0.1, 0.15) is 10.8 Å². The van der Waals surface area contributed by atoms with Gasteiger partial charge in [-0.25, -0.2) is 9.97 Å².